The smallest absolute Gasteiger partial charge is 0.246 e. The first kappa shape index (κ1) is 20.9. The summed E-state index contributed by atoms with van der Waals surface area (Å²) in [5.74, 6) is 3.53. The Morgan fingerprint density at radius 3 is 2.48 bits per heavy atom. The first-order valence-corrected chi connectivity index (χ1v) is 10.8. The van der Waals surface area contributed by atoms with Crippen molar-refractivity contribution in [2.45, 2.75) is 26.2 Å². The number of fused-ring (bicyclic) bond motifs is 2. The fourth-order valence-corrected chi connectivity index (χ4v) is 3.72. The van der Waals surface area contributed by atoms with Gasteiger partial charge in [0, 0.05) is 23.8 Å². The molecule has 170 valence electrons. The van der Waals surface area contributed by atoms with Crippen LogP contribution < -0.4 is 24.3 Å². The third-order valence-electron chi connectivity index (χ3n) is 5.34. The number of anilines is 2. The van der Waals surface area contributed by atoms with Gasteiger partial charge < -0.3 is 29.2 Å². The van der Waals surface area contributed by atoms with Crippen molar-refractivity contribution in [1.29, 1.82) is 0 Å². The molecule has 5 rings (SSSR count). The average Bonchev–Trinajstić information content (AvgIpc) is 3.19. The molecule has 4 aromatic rings. The van der Waals surface area contributed by atoms with E-state index in [-0.39, 0.29) is 5.41 Å². The van der Waals surface area contributed by atoms with Crippen LogP contribution in [0.1, 0.15) is 26.3 Å². The normalized spacial score (nSPS) is 13.1. The molecule has 0 atom stereocenters. The van der Waals surface area contributed by atoms with E-state index in [4.69, 9.17) is 18.9 Å². The molecule has 1 aliphatic rings. The molecule has 0 saturated heterocycles. The van der Waals surface area contributed by atoms with Crippen molar-refractivity contribution in [3.8, 4) is 29.0 Å². The van der Waals surface area contributed by atoms with E-state index in [9.17, 15) is 0 Å². The number of methoxy groups -OCH3 is 1. The third-order valence-corrected chi connectivity index (χ3v) is 5.34. The maximum absolute atomic E-state index is 6.30. The molecule has 2 N–H and O–H groups in total. The number of hydrogen-bond donors (Lipinski definition) is 2. The lowest BCUT2D eigenvalue weighted by atomic mass is 9.86. The first-order chi connectivity index (χ1) is 15.9. The average molecular weight is 447 g/mol. The second-order valence-corrected chi connectivity index (χ2v) is 8.78. The number of para-hydroxylation sites is 1. The van der Waals surface area contributed by atoms with Crippen molar-refractivity contribution in [3.05, 3.63) is 54.1 Å². The van der Waals surface area contributed by atoms with Gasteiger partial charge in [-0.3, -0.25) is 0 Å². The Kier molecular flexibility index (Phi) is 5.20. The minimum Gasteiger partial charge on any atom is -0.486 e. The highest BCUT2D eigenvalue weighted by molar-refractivity contribution is 5.82. The summed E-state index contributed by atoms with van der Waals surface area (Å²) < 4.78 is 23.0. The van der Waals surface area contributed by atoms with Crippen molar-refractivity contribution < 1.29 is 18.9 Å². The van der Waals surface area contributed by atoms with E-state index in [2.05, 4.69) is 47.1 Å². The molecule has 33 heavy (non-hydrogen) atoms. The van der Waals surface area contributed by atoms with Crippen LogP contribution >= 0.6 is 0 Å². The van der Waals surface area contributed by atoms with Crippen LogP contribution in [0.25, 0.3) is 11.0 Å². The quantitative estimate of drug-likeness (QED) is 0.414. The molecule has 1 aliphatic heterocycles. The molecule has 8 nitrogen and oxygen atoms in total. The van der Waals surface area contributed by atoms with Crippen molar-refractivity contribution in [2.75, 3.05) is 25.6 Å². The Bertz CT molecular complexity index is 1270. The maximum Gasteiger partial charge on any atom is 0.246 e. The monoisotopic (exact) mass is 446 g/mol. The van der Waals surface area contributed by atoms with E-state index >= 15 is 0 Å². The molecule has 3 heterocycles. The van der Waals surface area contributed by atoms with Crippen molar-refractivity contribution in [2.24, 2.45) is 0 Å². The molecular formula is C25H26N4O4. The number of pyridine rings is 1. The molecule has 0 aliphatic carbocycles. The number of nitrogens with one attached hydrogen (secondary N) is 2. The van der Waals surface area contributed by atoms with Gasteiger partial charge in [-0.2, -0.15) is 4.98 Å². The molecule has 0 bridgehead atoms. The molecule has 8 heteroatoms. The Balaban J connectivity index is 1.49. The van der Waals surface area contributed by atoms with Crippen LogP contribution in [0.4, 0.5) is 11.6 Å². The number of aromatic amines is 1. The molecule has 2 aromatic heterocycles. The number of imidazole rings is 1. The van der Waals surface area contributed by atoms with Crippen LogP contribution in [0, 0.1) is 0 Å². The zero-order chi connectivity index (χ0) is 23.0. The van der Waals surface area contributed by atoms with Gasteiger partial charge in [-0.05, 0) is 17.5 Å². The van der Waals surface area contributed by atoms with Crippen LogP contribution in [-0.4, -0.2) is 35.3 Å². The largest absolute Gasteiger partial charge is 0.486 e. The molecule has 0 fully saturated rings. The zero-order valence-electron chi connectivity index (χ0n) is 19.1. The number of hydrogen-bond acceptors (Lipinski definition) is 7. The number of benzene rings is 2. The van der Waals surface area contributed by atoms with Crippen molar-refractivity contribution >= 4 is 22.7 Å². The van der Waals surface area contributed by atoms with E-state index in [1.807, 2.05) is 36.4 Å². The summed E-state index contributed by atoms with van der Waals surface area (Å²) in [6.45, 7) is 7.51. The topological polar surface area (TPSA) is 90.5 Å². The van der Waals surface area contributed by atoms with Gasteiger partial charge >= 0.3 is 0 Å². The lowest BCUT2D eigenvalue weighted by molar-refractivity contribution is 0.172. The van der Waals surface area contributed by atoms with Gasteiger partial charge in [0.05, 0.1) is 18.1 Å². The van der Waals surface area contributed by atoms with Gasteiger partial charge in [-0.1, -0.05) is 39.0 Å². The Morgan fingerprint density at radius 2 is 1.73 bits per heavy atom. The number of aromatic nitrogens is 3. The summed E-state index contributed by atoms with van der Waals surface area (Å²) in [6, 6.07) is 15.3. The van der Waals surface area contributed by atoms with Gasteiger partial charge in [-0.25, -0.2) is 4.98 Å². The third kappa shape index (κ3) is 4.24. The van der Waals surface area contributed by atoms with Crippen LogP contribution in [0.3, 0.4) is 0 Å². The first-order valence-electron chi connectivity index (χ1n) is 10.8. The molecular weight excluding hydrogens is 420 g/mol. The summed E-state index contributed by atoms with van der Waals surface area (Å²) in [4.78, 5) is 12.5. The summed E-state index contributed by atoms with van der Waals surface area (Å²) in [5, 5.41) is 3.29. The van der Waals surface area contributed by atoms with Crippen molar-refractivity contribution in [3.63, 3.8) is 0 Å². The standard InChI is InChI=1S/C25H26N4O4/c1-25(2,3)15-7-5-6-8-19(15)33-23-16(9-10-22(29-23)30-4)26-24-27-17-13-20-21(14-18(17)28-24)32-12-11-31-20/h5-10,13-14H,11-12H2,1-4H3,(H2,26,27,28). The highest BCUT2D eigenvalue weighted by Gasteiger charge is 2.21. The van der Waals surface area contributed by atoms with Gasteiger partial charge in [0.2, 0.25) is 17.7 Å². The second kappa shape index (κ2) is 8.20. The number of H-pyrrole nitrogens is 1. The molecule has 0 radical (unpaired) electrons. The Hall–Kier alpha value is -3.94. The molecule has 0 unspecified atom stereocenters. The number of ether oxygens (including phenoxy) is 4. The second-order valence-electron chi connectivity index (χ2n) is 8.78. The van der Waals surface area contributed by atoms with Gasteiger partial charge in [0.1, 0.15) is 24.7 Å². The molecule has 0 amide bonds. The van der Waals surface area contributed by atoms with Crippen LogP contribution in [0.15, 0.2) is 48.5 Å². The summed E-state index contributed by atoms with van der Waals surface area (Å²) in [7, 11) is 1.58. The number of rotatable bonds is 5. The number of nitrogens with zero attached hydrogens (tertiary/aromatic N) is 2. The van der Waals surface area contributed by atoms with Gasteiger partial charge in [-0.15, -0.1) is 0 Å². The lowest BCUT2D eigenvalue weighted by Crippen LogP contribution is -2.15. The Morgan fingerprint density at radius 1 is 0.970 bits per heavy atom. The van der Waals surface area contributed by atoms with Gasteiger partial charge in [0.15, 0.2) is 11.5 Å². The van der Waals surface area contributed by atoms with E-state index in [1.54, 1.807) is 13.2 Å². The van der Waals surface area contributed by atoms with Crippen LogP contribution in [0.5, 0.6) is 29.0 Å². The van der Waals surface area contributed by atoms with Gasteiger partial charge in [0.25, 0.3) is 0 Å². The summed E-state index contributed by atoms with van der Waals surface area (Å²) in [6.07, 6.45) is 0. The highest BCUT2D eigenvalue weighted by Crippen LogP contribution is 2.38. The minimum atomic E-state index is -0.0922. The van der Waals surface area contributed by atoms with Crippen LogP contribution in [-0.2, 0) is 5.41 Å². The Labute approximate surface area is 191 Å². The highest BCUT2D eigenvalue weighted by atomic mass is 16.6. The summed E-state index contributed by atoms with van der Waals surface area (Å²) in [5.41, 5.74) is 3.24. The maximum atomic E-state index is 6.30. The van der Waals surface area contributed by atoms with E-state index in [1.165, 1.54) is 0 Å². The summed E-state index contributed by atoms with van der Waals surface area (Å²) >= 11 is 0. The minimum absolute atomic E-state index is 0.0922. The fraction of sp³-hybridized carbons (Fsp3) is 0.280. The van der Waals surface area contributed by atoms with Crippen molar-refractivity contribution in [1.82, 2.24) is 15.0 Å². The predicted octanol–water partition coefficient (Wildman–Crippen LogP) is 5.57. The van der Waals surface area contributed by atoms with E-state index < -0.39 is 0 Å². The van der Waals surface area contributed by atoms with E-state index in [0.717, 1.165) is 22.3 Å². The fourth-order valence-electron chi connectivity index (χ4n) is 3.72. The predicted molar refractivity (Wildman–Crippen MR) is 126 cm³/mol. The van der Waals surface area contributed by atoms with Crippen LogP contribution in [0.2, 0.25) is 0 Å². The molecule has 0 saturated carbocycles. The molecule has 0 spiro atoms. The lowest BCUT2D eigenvalue weighted by Gasteiger charge is -2.23. The SMILES string of the molecule is COc1ccc(Nc2nc3cc4c(cc3[nH]2)OCCO4)c(Oc2ccccc2C(C)(C)C)n1. The zero-order valence-corrected chi connectivity index (χ0v) is 19.1. The van der Waals surface area contributed by atoms with E-state index in [0.29, 0.717) is 48.1 Å². The molecule has 2 aromatic carbocycles.